The number of hydrogen-bond acceptors (Lipinski definition) is 5. The predicted molar refractivity (Wildman–Crippen MR) is 86.8 cm³/mol. The normalized spacial score (nSPS) is 21.5. The fourth-order valence-electron chi connectivity index (χ4n) is 3.13. The Morgan fingerprint density at radius 2 is 1.96 bits per heavy atom. The lowest BCUT2D eigenvalue weighted by Gasteiger charge is -2.25. The van der Waals surface area contributed by atoms with E-state index in [2.05, 4.69) is 0 Å². The van der Waals surface area contributed by atoms with Gasteiger partial charge < -0.3 is 14.4 Å². The fourth-order valence-corrected chi connectivity index (χ4v) is 3.13. The molecule has 0 radical (unpaired) electrons. The molecule has 0 aromatic heterocycles. The lowest BCUT2D eigenvalue weighted by molar-refractivity contribution is -0.152. The summed E-state index contributed by atoms with van der Waals surface area (Å²) in [5.74, 6) is -2.69. The van der Waals surface area contributed by atoms with Crippen molar-refractivity contribution in [3.05, 3.63) is 35.9 Å². The third kappa shape index (κ3) is 3.75. The first-order chi connectivity index (χ1) is 11.5. The zero-order chi connectivity index (χ0) is 17.7. The molecular formula is C18H23NO5. The molecule has 1 amide bonds. The van der Waals surface area contributed by atoms with Crippen LogP contribution in [0.4, 0.5) is 0 Å². The molecule has 24 heavy (non-hydrogen) atoms. The van der Waals surface area contributed by atoms with E-state index in [1.165, 1.54) is 7.11 Å². The summed E-state index contributed by atoms with van der Waals surface area (Å²) in [6.07, 6.45) is 0.0252. The first kappa shape index (κ1) is 18.0. The average Bonchev–Trinajstić information content (AvgIpc) is 2.90. The maximum Gasteiger partial charge on any atom is 0.318 e. The number of carbonyl (C=O) groups is 3. The van der Waals surface area contributed by atoms with Crippen LogP contribution in [0.25, 0.3) is 0 Å². The van der Waals surface area contributed by atoms with Crippen molar-refractivity contribution in [3.8, 4) is 0 Å². The van der Waals surface area contributed by atoms with E-state index in [4.69, 9.17) is 9.47 Å². The summed E-state index contributed by atoms with van der Waals surface area (Å²) in [4.78, 5) is 38.2. The van der Waals surface area contributed by atoms with Gasteiger partial charge in [-0.2, -0.15) is 0 Å². The molecule has 0 spiro atoms. The second-order valence-electron chi connectivity index (χ2n) is 5.85. The van der Waals surface area contributed by atoms with Crippen molar-refractivity contribution >= 4 is 17.8 Å². The number of rotatable bonds is 6. The molecule has 6 nitrogen and oxygen atoms in total. The first-order valence-electron chi connectivity index (χ1n) is 8.08. The Balaban J connectivity index is 2.21. The van der Waals surface area contributed by atoms with Crippen LogP contribution in [0.2, 0.25) is 0 Å². The van der Waals surface area contributed by atoms with Gasteiger partial charge in [0.05, 0.1) is 26.2 Å². The highest BCUT2D eigenvalue weighted by Crippen LogP contribution is 2.34. The molecule has 1 heterocycles. The minimum Gasteiger partial charge on any atom is -0.468 e. The number of esters is 2. The third-order valence-corrected chi connectivity index (χ3v) is 4.39. The van der Waals surface area contributed by atoms with Gasteiger partial charge in [-0.25, -0.2) is 0 Å². The average molecular weight is 333 g/mol. The molecular weight excluding hydrogens is 310 g/mol. The highest BCUT2D eigenvalue weighted by Gasteiger charge is 2.48. The smallest absolute Gasteiger partial charge is 0.318 e. The summed E-state index contributed by atoms with van der Waals surface area (Å²) >= 11 is 0. The molecule has 1 aliphatic rings. The molecule has 0 unspecified atom stereocenters. The van der Waals surface area contributed by atoms with Crippen molar-refractivity contribution < 1.29 is 23.9 Å². The van der Waals surface area contributed by atoms with Crippen LogP contribution in [-0.4, -0.2) is 43.0 Å². The Morgan fingerprint density at radius 3 is 2.54 bits per heavy atom. The van der Waals surface area contributed by atoms with Gasteiger partial charge in [-0.15, -0.1) is 0 Å². The Labute approximate surface area is 141 Å². The van der Waals surface area contributed by atoms with Crippen LogP contribution in [0.3, 0.4) is 0 Å². The Kier molecular flexibility index (Phi) is 5.95. The van der Waals surface area contributed by atoms with E-state index >= 15 is 0 Å². The van der Waals surface area contributed by atoms with Crippen LogP contribution in [0.1, 0.15) is 31.9 Å². The van der Waals surface area contributed by atoms with Gasteiger partial charge in [-0.1, -0.05) is 30.3 Å². The van der Waals surface area contributed by atoms with Crippen LogP contribution in [0, 0.1) is 11.8 Å². The van der Waals surface area contributed by atoms with Crippen molar-refractivity contribution in [2.24, 2.45) is 11.8 Å². The molecule has 3 atom stereocenters. The van der Waals surface area contributed by atoms with E-state index in [1.807, 2.05) is 37.3 Å². The van der Waals surface area contributed by atoms with Crippen molar-refractivity contribution in [2.75, 3.05) is 20.3 Å². The number of benzene rings is 1. The monoisotopic (exact) mass is 333 g/mol. The van der Waals surface area contributed by atoms with Gasteiger partial charge in [0, 0.05) is 12.5 Å². The van der Waals surface area contributed by atoms with Gasteiger partial charge in [-0.3, -0.25) is 14.4 Å². The molecule has 1 aliphatic heterocycles. The molecule has 1 aromatic rings. The zero-order valence-corrected chi connectivity index (χ0v) is 14.2. The van der Waals surface area contributed by atoms with Gasteiger partial charge in [0.1, 0.15) is 5.92 Å². The third-order valence-electron chi connectivity index (χ3n) is 4.39. The Hall–Kier alpha value is -2.37. The number of hydrogen-bond donors (Lipinski definition) is 0. The summed E-state index contributed by atoms with van der Waals surface area (Å²) in [7, 11) is 1.25. The van der Waals surface area contributed by atoms with Crippen molar-refractivity contribution in [1.29, 1.82) is 0 Å². The summed E-state index contributed by atoms with van der Waals surface area (Å²) < 4.78 is 9.73. The Morgan fingerprint density at radius 1 is 1.29 bits per heavy atom. The van der Waals surface area contributed by atoms with Crippen molar-refractivity contribution in [3.63, 3.8) is 0 Å². The van der Waals surface area contributed by atoms with Crippen molar-refractivity contribution in [2.45, 2.75) is 26.3 Å². The van der Waals surface area contributed by atoms with E-state index < -0.39 is 23.8 Å². The molecule has 0 N–H and O–H groups in total. The Bertz CT molecular complexity index is 601. The highest BCUT2D eigenvalue weighted by molar-refractivity contribution is 6.00. The molecule has 2 rings (SSSR count). The summed E-state index contributed by atoms with van der Waals surface area (Å²) in [5, 5.41) is 0. The van der Waals surface area contributed by atoms with Crippen LogP contribution in [-0.2, 0) is 23.9 Å². The van der Waals surface area contributed by atoms with Gasteiger partial charge >= 0.3 is 11.9 Å². The predicted octanol–water partition coefficient (Wildman–Crippen LogP) is 1.95. The number of nitrogens with zero attached hydrogens (tertiary/aromatic N) is 1. The van der Waals surface area contributed by atoms with E-state index in [0.717, 1.165) is 5.56 Å². The van der Waals surface area contributed by atoms with E-state index in [9.17, 15) is 14.4 Å². The molecule has 1 fully saturated rings. The van der Waals surface area contributed by atoms with E-state index in [0.29, 0.717) is 6.54 Å². The molecule has 1 aromatic carbocycles. The van der Waals surface area contributed by atoms with Crippen LogP contribution >= 0.6 is 0 Å². The second kappa shape index (κ2) is 7.95. The first-order valence-corrected chi connectivity index (χ1v) is 8.08. The minimum absolute atomic E-state index is 0.0252. The largest absolute Gasteiger partial charge is 0.468 e. The van der Waals surface area contributed by atoms with Crippen LogP contribution in [0.5, 0.6) is 0 Å². The molecule has 0 bridgehead atoms. The lowest BCUT2D eigenvalue weighted by atomic mass is 9.92. The SMILES string of the molecule is CCOC(=O)C[C@H]1CN([C@@H](C)c2ccccc2)C(=O)[C@H]1C(=O)OC. The topological polar surface area (TPSA) is 72.9 Å². The van der Waals surface area contributed by atoms with Crippen molar-refractivity contribution in [1.82, 2.24) is 4.90 Å². The zero-order valence-electron chi connectivity index (χ0n) is 14.2. The summed E-state index contributed by atoms with van der Waals surface area (Å²) in [5.41, 5.74) is 0.978. The summed E-state index contributed by atoms with van der Waals surface area (Å²) in [6, 6.07) is 9.40. The minimum atomic E-state index is -0.953. The maximum atomic E-state index is 12.7. The van der Waals surface area contributed by atoms with E-state index in [1.54, 1.807) is 11.8 Å². The standard InChI is InChI=1S/C18H23NO5/c1-4-24-15(20)10-14-11-19(17(21)16(14)18(22)23-3)12(2)13-8-6-5-7-9-13/h5-9,12,14,16H,4,10-11H2,1-3H3/t12-,14-,16-/m0/s1. The fraction of sp³-hybridized carbons (Fsp3) is 0.500. The second-order valence-corrected chi connectivity index (χ2v) is 5.85. The lowest BCUT2D eigenvalue weighted by Crippen LogP contribution is -2.33. The number of methoxy groups -OCH3 is 1. The van der Waals surface area contributed by atoms with Crippen LogP contribution in [0.15, 0.2) is 30.3 Å². The molecule has 0 aliphatic carbocycles. The number of likely N-dealkylation sites (tertiary alicyclic amines) is 1. The van der Waals surface area contributed by atoms with Gasteiger partial charge in [0.25, 0.3) is 0 Å². The maximum absolute atomic E-state index is 12.7. The van der Waals surface area contributed by atoms with Gasteiger partial charge in [0.15, 0.2) is 0 Å². The highest BCUT2D eigenvalue weighted by atomic mass is 16.5. The van der Waals surface area contributed by atoms with Crippen LogP contribution < -0.4 is 0 Å². The molecule has 6 heteroatoms. The molecule has 1 saturated heterocycles. The summed E-state index contributed by atoms with van der Waals surface area (Å²) in [6.45, 7) is 4.23. The van der Waals surface area contributed by atoms with E-state index in [-0.39, 0.29) is 25.0 Å². The number of carbonyl (C=O) groups excluding carboxylic acids is 3. The van der Waals surface area contributed by atoms with Gasteiger partial charge in [-0.05, 0) is 19.4 Å². The molecule has 130 valence electrons. The number of amides is 1. The number of ether oxygens (including phenoxy) is 2. The quantitative estimate of drug-likeness (QED) is 0.588. The molecule has 0 saturated carbocycles. The van der Waals surface area contributed by atoms with Gasteiger partial charge in [0.2, 0.25) is 5.91 Å².